The van der Waals surface area contributed by atoms with Gasteiger partial charge in [-0.15, -0.1) is 0 Å². The Hall–Kier alpha value is -0.220. The number of rotatable bonds is 3. The Labute approximate surface area is 77.5 Å². The molecular formula is C9H17F2NO. The predicted octanol–water partition coefficient (Wildman–Crippen LogP) is 1.35. The van der Waals surface area contributed by atoms with Crippen molar-refractivity contribution < 1.29 is 13.9 Å². The molecule has 0 saturated carbocycles. The number of hydrogen-bond donors (Lipinski definition) is 1. The molecule has 1 fully saturated rings. The molecule has 0 unspecified atom stereocenters. The molecule has 1 atom stereocenters. The first-order chi connectivity index (χ1) is 6.10. The first-order valence-corrected chi connectivity index (χ1v) is 4.81. The monoisotopic (exact) mass is 193 g/mol. The molecule has 0 aromatic heterocycles. The van der Waals surface area contributed by atoms with Crippen LogP contribution in [0.4, 0.5) is 8.78 Å². The summed E-state index contributed by atoms with van der Waals surface area (Å²) in [6.45, 7) is 3.26. The van der Waals surface area contributed by atoms with Gasteiger partial charge >= 0.3 is 0 Å². The third kappa shape index (κ3) is 2.61. The van der Waals surface area contributed by atoms with Crippen LogP contribution in [0.1, 0.15) is 19.8 Å². The minimum absolute atomic E-state index is 0.113. The third-order valence-electron chi connectivity index (χ3n) is 2.60. The van der Waals surface area contributed by atoms with E-state index in [9.17, 15) is 8.78 Å². The molecule has 0 amide bonds. The molecule has 2 nitrogen and oxygen atoms in total. The van der Waals surface area contributed by atoms with Crippen LogP contribution in [0.25, 0.3) is 0 Å². The summed E-state index contributed by atoms with van der Waals surface area (Å²) in [5.41, 5.74) is 0. The lowest BCUT2D eigenvalue weighted by Gasteiger charge is -2.37. The maximum Gasteiger partial charge on any atom is 0.255 e. The number of hydrogen-bond acceptors (Lipinski definition) is 2. The molecule has 0 aromatic carbocycles. The average molecular weight is 193 g/mol. The van der Waals surface area contributed by atoms with Crippen molar-refractivity contribution in [1.82, 2.24) is 4.90 Å². The Balaban J connectivity index is 2.48. The van der Waals surface area contributed by atoms with E-state index < -0.39 is 18.4 Å². The molecule has 1 aliphatic heterocycles. The Morgan fingerprint density at radius 1 is 1.54 bits per heavy atom. The molecule has 78 valence electrons. The number of aliphatic hydroxyl groups excluding tert-OH is 1. The number of aliphatic hydroxyl groups is 1. The number of nitrogens with zero attached hydrogens (tertiary/aromatic N) is 1. The summed E-state index contributed by atoms with van der Waals surface area (Å²) in [5, 5.41) is 8.81. The molecule has 0 aliphatic carbocycles. The second-order valence-electron chi connectivity index (χ2n) is 3.69. The van der Waals surface area contributed by atoms with E-state index in [-0.39, 0.29) is 6.42 Å². The molecule has 0 spiro atoms. The van der Waals surface area contributed by atoms with E-state index in [1.54, 1.807) is 0 Å². The molecule has 1 N–H and O–H groups in total. The molecule has 0 aromatic rings. The van der Waals surface area contributed by atoms with Gasteiger partial charge in [-0.2, -0.15) is 0 Å². The summed E-state index contributed by atoms with van der Waals surface area (Å²) < 4.78 is 26.2. The van der Waals surface area contributed by atoms with E-state index in [2.05, 4.69) is 0 Å². The number of halogens is 2. The molecule has 4 heteroatoms. The Kier molecular flexibility index (Phi) is 3.62. The highest BCUT2D eigenvalue weighted by Crippen LogP contribution is 2.32. The molecule has 0 radical (unpaired) electrons. The first kappa shape index (κ1) is 10.9. The SMILES string of the molecule is CCCN1CCC(F)(F)[C@H](CO)C1. The highest BCUT2D eigenvalue weighted by Gasteiger charge is 2.43. The topological polar surface area (TPSA) is 23.5 Å². The van der Waals surface area contributed by atoms with Crippen LogP contribution in [0.5, 0.6) is 0 Å². The van der Waals surface area contributed by atoms with Crippen LogP contribution >= 0.6 is 0 Å². The van der Waals surface area contributed by atoms with E-state index in [1.807, 2.05) is 11.8 Å². The fraction of sp³-hybridized carbons (Fsp3) is 1.00. The van der Waals surface area contributed by atoms with Crippen molar-refractivity contribution in [2.24, 2.45) is 5.92 Å². The smallest absolute Gasteiger partial charge is 0.255 e. The van der Waals surface area contributed by atoms with E-state index in [0.29, 0.717) is 13.1 Å². The molecule has 0 bridgehead atoms. The predicted molar refractivity (Wildman–Crippen MR) is 46.9 cm³/mol. The summed E-state index contributed by atoms with van der Waals surface area (Å²) in [5.74, 6) is -3.54. The summed E-state index contributed by atoms with van der Waals surface area (Å²) in [6, 6.07) is 0. The lowest BCUT2D eigenvalue weighted by Crippen LogP contribution is -2.48. The van der Waals surface area contributed by atoms with Gasteiger partial charge in [0.2, 0.25) is 0 Å². The van der Waals surface area contributed by atoms with Gasteiger partial charge < -0.3 is 10.0 Å². The summed E-state index contributed by atoms with van der Waals surface area (Å²) in [7, 11) is 0. The average Bonchev–Trinajstić information content (AvgIpc) is 2.08. The van der Waals surface area contributed by atoms with Crippen molar-refractivity contribution in [3.63, 3.8) is 0 Å². The second-order valence-corrected chi connectivity index (χ2v) is 3.69. The second kappa shape index (κ2) is 4.33. The van der Waals surface area contributed by atoms with Crippen LogP contribution in [0.15, 0.2) is 0 Å². The van der Waals surface area contributed by atoms with Crippen LogP contribution in [0.3, 0.4) is 0 Å². The van der Waals surface area contributed by atoms with Gasteiger partial charge in [0, 0.05) is 19.5 Å². The number of piperidine rings is 1. The molecule has 1 heterocycles. The van der Waals surface area contributed by atoms with Gasteiger partial charge in [0.05, 0.1) is 12.5 Å². The van der Waals surface area contributed by atoms with E-state index in [1.165, 1.54) is 0 Å². The zero-order chi connectivity index (χ0) is 9.90. The van der Waals surface area contributed by atoms with Gasteiger partial charge in [-0.1, -0.05) is 6.92 Å². The van der Waals surface area contributed by atoms with Crippen molar-refractivity contribution in [1.29, 1.82) is 0 Å². The van der Waals surface area contributed by atoms with Crippen LogP contribution in [0.2, 0.25) is 0 Å². The molecule has 13 heavy (non-hydrogen) atoms. The zero-order valence-corrected chi connectivity index (χ0v) is 7.97. The fourth-order valence-corrected chi connectivity index (χ4v) is 1.76. The lowest BCUT2D eigenvalue weighted by atomic mass is 9.94. The highest BCUT2D eigenvalue weighted by atomic mass is 19.3. The highest BCUT2D eigenvalue weighted by molar-refractivity contribution is 4.85. The van der Waals surface area contributed by atoms with Crippen molar-refractivity contribution in [3.8, 4) is 0 Å². The van der Waals surface area contributed by atoms with Gasteiger partial charge in [0.25, 0.3) is 5.92 Å². The van der Waals surface area contributed by atoms with E-state index >= 15 is 0 Å². The fourth-order valence-electron chi connectivity index (χ4n) is 1.76. The van der Waals surface area contributed by atoms with Gasteiger partial charge in [-0.05, 0) is 13.0 Å². The maximum atomic E-state index is 13.1. The van der Waals surface area contributed by atoms with Crippen molar-refractivity contribution >= 4 is 0 Å². The third-order valence-corrected chi connectivity index (χ3v) is 2.60. The summed E-state index contributed by atoms with van der Waals surface area (Å²) >= 11 is 0. The number of likely N-dealkylation sites (tertiary alicyclic amines) is 1. The van der Waals surface area contributed by atoms with Crippen LogP contribution in [-0.2, 0) is 0 Å². The van der Waals surface area contributed by atoms with Crippen molar-refractivity contribution in [2.75, 3.05) is 26.2 Å². The Morgan fingerprint density at radius 2 is 2.23 bits per heavy atom. The Bertz CT molecular complexity index is 164. The quantitative estimate of drug-likeness (QED) is 0.731. The van der Waals surface area contributed by atoms with Crippen molar-refractivity contribution in [3.05, 3.63) is 0 Å². The molecule has 1 rings (SSSR count). The van der Waals surface area contributed by atoms with E-state index in [4.69, 9.17) is 5.11 Å². The minimum Gasteiger partial charge on any atom is -0.396 e. The van der Waals surface area contributed by atoms with Gasteiger partial charge in [-0.3, -0.25) is 0 Å². The first-order valence-electron chi connectivity index (χ1n) is 4.81. The van der Waals surface area contributed by atoms with Crippen LogP contribution in [-0.4, -0.2) is 42.2 Å². The lowest BCUT2D eigenvalue weighted by molar-refractivity contribution is -0.119. The zero-order valence-electron chi connectivity index (χ0n) is 7.97. The maximum absolute atomic E-state index is 13.1. The van der Waals surface area contributed by atoms with Gasteiger partial charge in [0.1, 0.15) is 0 Å². The summed E-state index contributed by atoms with van der Waals surface area (Å²) in [6.07, 6.45) is 0.863. The largest absolute Gasteiger partial charge is 0.396 e. The molecular weight excluding hydrogens is 176 g/mol. The number of alkyl halides is 2. The summed E-state index contributed by atoms with van der Waals surface area (Å²) in [4.78, 5) is 2.00. The minimum atomic E-state index is -2.67. The molecule has 1 aliphatic rings. The van der Waals surface area contributed by atoms with Gasteiger partial charge in [-0.25, -0.2) is 8.78 Å². The van der Waals surface area contributed by atoms with Crippen LogP contribution in [0, 0.1) is 5.92 Å². The normalized spacial score (nSPS) is 29.1. The molecule has 1 saturated heterocycles. The van der Waals surface area contributed by atoms with E-state index in [0.717, 1.165) is 13.0 Å². The van der Waals surface area contributed by atoms with Crippen LogP contribution < -0.4 is 0 Å². The van der Waals surface area contributed by atoms with Gasteiger partial charge in [0.15, 0.2) is 0 Å². The Morgan fingerprint density at radius 3 is 2.77 bits per heavy atom. The standard InChI is InChI=1S/C9H17F2NO/c1-2-4-12-5-3-9(10,11)8(6-12)7-13/h8,13H,2-7H2,1H3/t8-/m0/s1. The van der Waals surface area contributed by atoms with Crippen molar-refractivity contribution in [2.45, 2.75) is 25.7 Å².